The molecule has 4 heteroatoms. The highest BCUT2D eigenvalue weighted by atomic mass is 16.3. The van der Waals surface area contributed by atoms with Crippen LogP contribution < -0.4 is 5.32 Å². The van der Waals surface area contributed by atoms with Gasteiger partial charge >= 0.3 is 0 Å². The Morgan fingerprint density at radius 1 is 1.47 bits per heavy atom. The zero-order chi connectivity index (χ0) is 12.3. The van der Waals surface area contributed by atoms with Crippen LogP contribution in [0.1, 0.15) is 50.6 Å². The van der Waals surface area contributed by atoms with Crippen molar-refractivity contribution in [1.82, 2.24) is 15.1 Å². The Hall–Kier alpha value is -0.870. The molecule has 2 rings (SSSR count). The van der Waals surface area contributed by atoms with Gasteiger partial charge in [0.05, 0.1) is 12.3 Å². The third-order valence-electron chi connectivity index (χ3n) is 3.67. The van der Waals surface area contributed by atoms with Gasteiger partial charge < -0.3 is 10.4 Å². The lowest BCUT2D eigenvalue weighted by Crippen LogP contribution is -2.36. The number of nitrogens with one attached hydrogen (secondary N) is 1. The number of rotatable bonds is 4. The molecule has 17 heavy (non-hydrogen) atoms. The van der Waals surface area contributed by atoms with Crippen LogP contribution in [-0.4, -0.2) is 27.0 Å². The summed E-state index contributed by atoms with van der Waals surface area (Å²) in [5.41, 5.74) is 1.26. The number of nitrogens with zero attached hydrogens (tertiary/aromatic N) is 2. The van der Waals surface area contributed by atoms with Crippen molar-refractivity contribution < 1.29 is 5.11 Å². The number of aliphatic hydroxyl groups is 1. The maximum absolute atomic E-state index is 9.50. The summed E-state index contributed by atoms with van der Waals surface area (Å²) >= 11 is 0. The molecule has 1 unspecified atom stereocenters. The Balaban J connectivity index is 1.91. The van der Waals surface area contributed by atoms with Crippen molar-refractivity contribution >= 4 is 0 Å². The van der Waals surface area contributed by atoms with Gasteiger partial charge in [-0.25, -0.2) is 0 Å². The van der Waals surface area contributed by atoms with Crippen molar-refractivity contribution in [3.8, 4) is 0 Å². The Bertz CT molecular complexity index is 342. The van der Waals surface area contributed by atoms with E-state index < -0.39 is 0 Å². The molecule has 1 aromatic rings. The average molecular weight is 237 g/mol. The molecule has 1 aliphatic carbocycles. The van der Waals surface area contributed by atoms with E-state index in [0.29, 0.717) is 12.1 Å². The molecule has 0 bridgehead atoms. The summed E-state index contributed by atoms with van der Waals surface area (Å²) in [6.45, 7) is 2.20. The maximum atomic E-state index is 9.50. The molecule has 1 heterocycles. The normalized spacial score (nSPS) is 27.0. The van der Waals surface area contributed by atoms with Gasteiger partial charge in [-0.3, -0.25) is 4.68 Å². The van der Waals surface area contributed by atoms with E-state index in [1.54, 1.807) is 0 Å². The number of hydrogen-bond donors (Lipinski definition) is 2. The molecule has 4 nitrogen and oxygen atoms in total. The summed E-state index contributed by atoms with van der Waals surface area (Å²) < 4.78 is 1.85. The minimum Gasteiger partial charge on any atom is -0.393 e. The smallest absolute Gasteiger partial charge is 0.0541 e. The van der Waals surface area contributed by atoms with E-state index in [9.17, 15) is 5.11 Å². The molecule has 1 saturated carbocycles. The lowest BCUT2D eigenvalue weighted by molar-refractivity contribution is 0.114. The third kappa shape index (κ3) is 3.30. The second-order valence-corrected chi connectivity index (χ2v) is 5.08. The first-order valence-corrected chi connectivity index (χ1v) is 6.61. The van der Waals surface area contributed by atoms with E-state index in [1.165, 1.54) is 5.56 Å². The molecule has 1 fully saturated rings. The van der Waals surface area contributed by atoms with Crippen LogP contribution in [0.15, 0.2) is 12.4 Å². The van der Waals surface area contributed by atoms with Gasteiger partial charge in [-0.2, -0.15) is 5.10 Å². The second kappa shape index (κ2) is 5.65. The van der Waals surface area contributed by atoms with Gasteiger partial charge in [-0.05, 0) is 32.1 Å². The number of hydrogen-bond acceptors (Lipinski definition) is 3. The third-order valence-corrected chi connectivity index (χ3v) is 3.67. The van der Waals surface area contributed by atoms with Crippen molar-refractivity contribution in [1.29, 1.82) is 0 Å². The molecule has 0 aliphatic heterocycles. The Kier molecular flexibility index (Phi) is 4.18. The minimum absolute atomic E-state index is 0.0773. The van der Waals surface area contributed by atoms with Crippen LogP contribution in [0, 0.1) is 0 Å². The molecule has 0 amide bonds. The van der Waals surface area contributed by atoms with Crippen LogP contribution in [0.3, 0.4) is 0 Å². The lowest BCUT2D eigenvalue weighted by Gasteiger charge is -2.29. The number of aryl methyl sites for hydroxylation is 1. The molecule has 2 N–H and O–H groups in total. The minimum atomic E-state index is -0.0773. The molecule has 0 aromatic carbocycles. The van der Waals surface area contributed by atoms with Gasteiger partial charge in [0.1, 0.15) is 0 Å². The first-order valence-electron chi connectivity index (χ1n) is 6.61. The summed E-state index contributed by atoms with van der Waals surface area (Å²) in [6, 6.07) is 0.937. The van der Waals surface area contributed by atoms with Gasteiger partial charge in [0.25, 0.3) is 0 Å². The average Bonchev–Trinajstić information content (AvgIpc) is 2.75. The molecule has 0 spiro atoms. The Morgan fingerprint density at radius 3 is 2.71 bits per heavy atom. The van der Waals surface area contributed by atoms with Crippen LogP contribution in [0.2, 0.25) is 0 Å². The summed E-state index contributed by atoms with van der Waals surface area (Å²) in [5, 5.41) is 17.4. The predicted octanol–water partition coefficient (Wildman–Crippen LogP) is 1.76. The zero-order valence-electron chi connectivity index (χ0n) is 10.8. The number of aliphatic hydroxyl groups excluding tert-OH is 1. The molecule has 1 atom stereocenters. The quantitative estimate of drug-likeness (QED) is 0.839. The highest BCUT2D eigenvalue weighted by Gasteiger charge is 2.22. The molecule has 0 radical (unpaired) electrons. The van der Waals surface area contributed by atoms with E-state index in [4.69, 9.17) is 0 Å². The summed E-state index contributed by atoms with van der Waals surface area (Å²) in [7, 11) is 1.95. The van der Waals surface area contributed by atoms with E-state index in [1.807, 2.05) is 17.9 Å². The summed E-state index contributed by atoms with van der Waals surface area (Å²) in [4.78, 5) is 0. The van der Waals surface area contributed by atoms with Gasteiger partial charge in [0, 0.05) is 30.9 Å². The van der Waals surface area contributed by atoms with E-state index >= 15 is 0 Å². The van der Waals surface area contributed by atoms with Crippen molar-refractivity contribution in [2.24, 2.45) is 7.05 Å². The van der Waals surface area contributed by atoms with E-state index in [2.05, 4.69) is 23.5 Å². The second-order valence-electron chi connectivity index (χ2n) is 5.08. The molecular formula is C13H23N3O. The highest BCUT2D eigenvalue weighted by Crippen LogP contribution is 2.23. The fourth-order valence-electron chi connectivity index (χ4n) is 2.60. The van der Waals surface area contributed by atoms with Crippen molar-refractivity contribution in [3.63, 3.8) is 0 Å². The fraction of sp³-hybridized carbons (Fsp3) is 0.769. The van der Waals surface area contributed by atoms with E-state index in [-0.39, 0.29) is 6.10 Å². The monoisotopic (exact) mass is 237 g/mol. The van der Waals surface area contributed by atoms with Gasteiger partial charge in [0.2, 0.25) is 0 Å². The van der Waals surface area contributed by atoms with Crippen molar-refractivity contribution in [2.45, 2.75) is 57.2 Å². The zero-order valence-corrected chi connectivity index (χ0v) is 10.8. The molecular weight excluding hydrogens is 214 g/mol. The van der Waals surface area contributed by atoms with Gasteiger partial charge in [-0.15, -0.1) is 0 Å². The van der Waals surface area contributed by atoms with Gasteiger partial charge in [0.15, 0.2) is 0 Å². The van der Waals surface area contributed by atoms with Crippen LogP contribution >= 0.6 is 0 Å². The molecule has 96 valence electrons. The number of aromatic nitrogens is 2. The summed E-state index contributed by atoms with van der Waals surface area (Å²) in [6.07, 6.45) is 9.05. The highest BCUT2D eigenvalue weighted by molar-refractivity contribution is 5.10. The standard InChI is InChI=1S/C13H23N3O/c1-3-13(10-8-14-16(2)9-10)15-11-4-6-12(17)7-5-11/h8-9,11-13,15,17H,3-7H2,1-2H3. The van der Waals surface area contributed by atoms with Crippen molar-refractivity contribution in [2.75, 3.05) is 0 Å². The SMILES string of the molecule is CCC(NC1CCC(O)CC1)c1cnn(C)c1. The van der Waals surface area contributed by atoms with Crippen LogP contribution in [0.5, 0.6) is 0 Å². The predicted molar refractivity (Wildman–Crippen MR) is 67.6 cm³/mol. The van der Waals surface area contributed by atoms with Crippen LogP contribution in [0.4, 0.5) is 0 Å². The first-order chi connectivity index (χ1) is 8.19. The molecule has 1 aromatic heterocycles. The molecule has 1 aliphatic rings. The molecule has 0 saturated heterocycles. The lowest BCUT2D eigenvalue weighted by atomic mass is 9.92. The van der Waals surface area contributed by atoms with Gasteiger partial charge in [-0.1, -0.05) is 6.92 Å². The van der Waals surface area contributed by atoms with Crippen LogP contribution in [0.25, 0.3) is 0 Å². The largest absolute Gasteiger partial charge is 0.393 e. The Labute approximate surface area is 103 Å². The van der Waals surface area contributed by atoms with Crippen molar-refractivity contribution in [3.05, 3.63) is 18.0 Å². The summed E-state index contributed by atoms with van der Waals surface area (Å²) in [5.74, 6) is 0. The Morgan fingerprint density at radius 2 is 2.18 bits per heavy atom. The van der Waals surface area contributed by atoms with Crippen LogP contribution in [-0.2, 0) is 7.05 Å². The fourth-order valence-corrected chi connectivity index (χ4v) is 2.60. The maximum Gasteiger partial charge on any atom is 0.0541 e. The first kappa shape index (κ1) is 12.6. The van der Waals surface area contributed by atoms with E-state index in [0.717, 1.165) is 32.1 Å². The topological polar surface area (TPSA) is 50.1 Å².